The first-order valence-corrected chi connectivity index (χ1v) is 15.5. The Labute approximate surface area is 261 Å². The van der Waals surface area contributed by atoms with Gasteiger partial charge in [0, 0.05) is 63.1 Å². The van der Waals surface area contributed by atoms with Gasteiger partial charge >= 0.3 is 0 Å². The van der Waals surface area contributed by atoms with Crippen LogP contribution >= 0.6 is 11.8 Å². The molecule has 0 atom stereocenters. The van der Waals surface area contributed by atoms with Gasteiger partial charge < -0.3 is 14.4 Å². The second kappa shape index (κ2) is 11.6. The van der Waals surface area contributed by atoms with Gasteiger partial charge in [0.25, 0.3) is 0 Å². The predicted molar refractivity (Wildman–Crippen MR) is 185 cm³/mol. The van der Waals surface area contributed by atoms with Crippen molar-refractivity contribution < 1.29 is 4.39 Å². The third-order valence-electron chi connectivity index (χ3n) is 8.20. The van der Waals surface area contributed by atoms with Crippen molar-refractivity contribution >= 4 is 62.0 Å². The summed E-state index contributed by atoms with van der Waals surface area (Å²) in [6.45, 7) is 2.11. The molecule has 0 radical (unpaired) electrons. The van der Waals surface area contributed by atoms with Gasteiger partial charge in [0.05, 0.1) is 11.0 Å². The molecule has 44 heavy (non-hydrogen) atoms. The van der Waals surface area contributed by atoms with E-state index in [-0.39, 0.29) is 5.82 Å². The van der Waals surface area contributed by atoms with Gasteiger partial charge in [-0.3, -0.25) is 0 Å². The molecule has 1 aromatic heterocycles. The van der Waals surface area contributed by atoms with Gasteiger partial charge in [-0.15, -0.1) is 0 Å². The largest absolute Gasteiger partial charge is 0.345 e. The molecule has 0 N–H and O–H groups in total. The predicted octanol–water partition coefficient (Wildman–Crippen LogP) is 11.2. The van der Waals surface area contributed by atoms with Crippen molar-refractivity contribution in [2.75, 3.05) is 16.8 Å². The highest BCUT2D eigenvalue weighted by Gasteiger charge is 2.17. The van der Waals surface area contributed by atoms with E-state index in [1.807, 2.05) is 7.05 Å². The number of aryl methyl sites for hydroxylation is 2. The summed E-state index contributed by atoms with van der Waals surface area (Å²) < 4.78 is 15.8. The smallest absolute Gasteiger partial charge is 0.123 e. The number of hydrogen-bond acceptors (Lipinski definition) is 3. The third kappa shape index (κ3) is 5.31. The molecule has 0 aliphatic heterocycles. The van der Waals surface area contributed by atoms with Crippen molar-refractivity contribution in [3.63, 3.8) is 0 Å². The normalized spacial score (nSPS) is 11.3. The Hall–Kier alpha value is -5.00. The molecule has 6 aromatic carbocycles. The first-order valence-electron chi connectivity index (χ1n) is 14.7. The molecule has 216 valence electrons. The summed E-state index contributed by atoms with van der Waals surface area (Å²) in [4.78, 5) is 6.83. The number of halogens is 1. The Bertz CT molecular complexity index is 2070. The lowest BCUT2D eigenvalue weighted by atomic mass is 10.1. The van der Waals surface area contributed by atoms with E-state index in [2.05, 4.69) is 144 Å². The third-order valence-corrected chi connectivity index (χ3v) is 9.22. The molecule has 5 heteroatoms. The molecular formula is C39H32FN3S. The number of anilines is 5. The summed E-state index contributed by atoms with van der Waals surface area (Å²) in [7, 11) is 4.14. The van der Waals surface area contributed by atoms with E-state index in [1.165, 1.54) is 38.3 Å². The number of para-hydroxylation sites is 1. The molecule has 0 bridgehead atoms. The number of benzene rings is 6. The van der Waals surface area contributed by atoms with Crippen LogP contribution < -0.4 is 9.80 Å². The maximum atomic E-state index is 13.5. The van der Waals surface area contributed by atoms with Crippen molar-refractivity contribution in [1.82, 2.24) is 4.57 Å². The number of rotatable bonds is 7. The topological polar surface area (TPSA) is 11.4 Å². The summed E-state index contributed by atoms with van der Waals surface area (Å²) in [5, 5.41) is 2.41. The summed E-state index contributed by atoms with van der Waals surface area (Å²) in [5.74, 6) is -0.233. The minimum absolute atomic E-state index is 0.233. The van der Waals surface area contributed by atoms with Crippen molar-refractivity contribution in [3.8, 4) is 0 Å². The van der Waals surface area contributed by atoms with Crippen LogP contribution in [0.4, 0.5) is 32.8 Å². The Morgan fingerprint density at radius 2 is 1.05 bits per heavy atom. The zero-order valence-corrected chi connectivity index (χ0v) is 25.7. The van der Waals surface area contributed by atoms with Gasteiger partial charge in [-0.25, -0.2) is 4.39 Å². The second-order valence-corrected chi connectivity index (χ2v) is 12.2. The first kappa shape index (κ1) is 27.8. The van der Waals surface area contributed by atoms with Gasteiger partial charge in [-0.2, -0.15) is 0 Å². The van der Waals surface area contributed by atoms with Crippen molar-refractivity contribution in [2.45, 2.75) is 16.7 Å². The van der Waals surface area contributed by atoms with E-state index in [9.17, 15) is 4.39 Å². The maximum absolute atomic E-state index is 13.5. The van der Waals surface area contributed by atoms with Gasteiger partial charge in [0.2, 0.25) is 0 Å². The number of fused-ring (bicyclic) bond motifs is 3. The van der Waals surface area contributed by atoms with Gasteiger partial charge in [-0.1, -0.05) is 59.8 Å². The lowest BCUT2D eigenvalue weighted by Gasteiger charge is -2.26. The van der Waals surface area contributed by atoms with Crippen LogP contribution in [-0.2, 0) is 7.05 Å². The molecule has 0 aliphatic carbocycles. The SMILES string of the molecule is Cc1ccc(Sc2ccc(N(c3ccccc3)c3ccc4c5ccc(N(C)c6ccc(F)cc6)cc5n(C)c4c3)cc2)cc1. The molecule has 0 aliphatic rings. The van der Waals surface area contributed by atoms with E-state index in [0.29, 0.717) is 0 Å². The van der Waals surface area contributed by atoms with E-state index >= 15 is 0 Å². The van der Waals surface area contributed by atoms with Crippen LogP contribution in [-0.4, -0.2) is 11.6 Å². The molecule has 0 unspecified atom stereocenters. The lowest BCUT2D eigenvalue weighted by molar-refractivity contribution is 0.628. The van der Waals surface area contributed by atoms with Crippen LogP contribution in [0.15, 0.2) is 149 Å². The monoisotopic (exact) mass is 593 g/mol. The van der Waals surface area contributed by atoms with Crippen LogP contribution in [0, 0.1) is 12.7 Å². The van der Waals surface area contributed by atoms with Crippen LogP contribution in [0.5, 0.6) is 0 Å². The lowest BCUT2D eigenvalue weighted by Crippen LogP contribution is -2.09. The zero-order valence-electron chi connectivity index (χ0n) is 24.9. The minimum Gasteiger partial charge on any atom is -0.345 e. The standard InChI is InChI=1S/C39H32FN3S/c1-27-9-19-34(20-10-27)44-35-21-15-31(16-22-35)43(30-7-5-4-6-8-30)33-18-24-37-36-23-17-32(25-38(36)42(3)39(37)26-33)41(2)29-13-11-28(40)12-14-29/h4-26H,1-3H3. The molecule has 3 nitrogen and oxygen atoms in total. The second-order valence-electron chi connectivity index (χ2n) is 11.1. The molecule has 0 saturated carbocycles. The van der Waals surface area contributed by atoms with Crippen molar-refractivity contribution in [2.24, 2.45) is 7.05 Å². The van der Waals surface area contributed by atoms with Crippen molar-refractivity contribution in [1.29, 1.82) is 0 Å². The fourth-order valence-corrected chi connectivity index (χ4v) is 6.59. The van der Waals surface area contributed by atoms with Gasteiger partial charge in [0.1, 0.15) is 5.82 Å². The number of hydrogen-bond donors (Lipinski definition) is 0. The average Bonchev–Trinajstić information content (AvgIpc) is 3.34. The highest BCUT2D eigenvalue weighted by atomic mass is 32.2. The Morgan fingerprint density at radius 3 is 1.68 bits per heavy atom. The summed E-state index contributed by atoms with van der Waals surface area (Å²) in [5.41, 5.74) is 8.86. The molecule has 7 rings (SSSR count). The summed E-state index contributed by atoms with van der Waals surface area (Å²) in [6, 6.07) is 47.8. The summed E-state index contributed by atoms with van der Waals surface area (Å²) >= 11 is 1.77. The van der Waals surface area contributed by atoms with Crippen LogP contribution in [0.25, 0.3) is 21.8 Å². The molecule has 0 spiro atoms. The Kier molecular flexibility index (Phi) is 7.32. The Morgan fingerprint density at radius 1 is 0.545 bits per heavy atom. The van der Waals surface area contributed by atoms with E-state index < -0.39 is 0 Å². The first-order chi connectivity index (χ1) is 21.4. The van der Waals surface area contributed by atoms with Crippen LogP contribution in [0.2, 0.25) is 0 Å². The van der Waals surface area contributed by atoms with E-state index in [0.717, 1.165) is 39.5 Å². The molecule has 0 amide bonds. The van der Waals surface area contributed by atoms with Gasteiger partial charge in [0.15, 0.2) is 0 Å². The minimum atomic E-state index is -0.233. The zero-order chi connectivity index (χ0) is 30.2. The highest BCUT2D eigenvalue weighted by Crippen LogP contribution is 2.40. The fraction of sp³-hybridized carbons (Fsp3) is 0.0769. The molecular weight excluding hydrogens is 562 g/mol. The molecule has 0 saturated heterocycles. The van der Waals surface area contributed by atoms with E-state index in [1.54, 1.807) is 23.9 Å². The van der Waals surface area contributed by atoms with E-state index in [4.69, 9.17) is 0 Å². The van der Waals surface area contributed by atoms with Crippen LogP contribution in [0.1, 0.15) is 5.56 Å². The quantitative estimate of drug-likeness (QED) is 0.182. The number of nitrogens with zero attached hydrogens (tertiary/aromatic N) is 3. The summed E-state index contributed by atoms with van der Waals surface area (Å²) in [6.07, 6.45) is 0. The highest BCUT2D eigenvalue weighted by molar-refractivity contribution is 7.99. The molecule has 7 aromatic rings. The molecule has 1 heterocycles. The number of aromatic nitrogens is 1. The maximum Gasteiger partial charge on any atom is 0.123 e. The fourth-order valence-electron chi connectivity index (χ4n) is 5.77. The van der Waals surface area contributed by atoms with Crippen LogP contribution in [0.3, 0.4) is 0 Å². The average molecular weight is 594 g/mol. The van der Waals surface area contributed by atoms with Crippen molar-refractivity contribution in [3.05, 3.63) is 151 Å². The van der Waals surface area contributed by atoms with Gasteiger partial charge in [-0.05, 0) is 104 Å². The molecule has 0 fully saturated rings. The Balaban J connectivity index is 1.26.